The second-order valence-electron chi connectivity index (χ2n) is 5.02. The predicted octanol–water partition coefficient (Wildman–Crippen LogP) is 3.45. The van der Waals surface area contributed by atoms with E-state index in [-0.39, 0.29) is 6.04 Å². The number of hydrogen-bond donors (Lipinski definition) is 2. The summed E-state index contributed by atoms with van der Waals surface area (Å²) in [4.78, 5) is 1.57. The van der Waals surface area contributed by atoms with E-state index < -0.39 is 10.0 Å². The maximum Gasteiger partial charge on any atom is 0.240 e. The Kier molecular flexibility index (Phi) is 4.70. The summed E-state index contributed by atoms with van der Waals surface area (Å²) in [7, 11) is -2.01. The van der Waals surface area contributed by atoms with Gasteiger partial charge in [0.25, 0.3) is 0 Å². The van der Waals surface area contributed by atoms with Crippen LogP contribution in [0.3, 0.4) is 0 Å². The molecule has 114 valence electrons. The van der Waals surface area contributed by atoms with Crippen LogP contribution in [0.4, 0.5) is 5.69 Å². The fourth-order valence-electron chi connectivity index (χ4n) is 2.23. The van der Waals surface area contributed by atoms with E-state index in [1.807, 2.05) is 12.1 Å². The van der Waals surface area contributed by atoms with Crippen LogP contribution in [-0.4, -0.2) is 15.5 Å². The summed E-state index contributed by atoms with van der Waals surface area (Å²) in [5.74, 6) is 0. The van der Waals surface area contributed by atoms with Crippen molar-refractivity contribution in [3.05, 3.63) is 45.6 Å². The van der Waals surface area contributed by atoms with Crippen molar-refractivity contribution in [2.75, 3.05) is 12.4 Å². The zero-order valence-electron chi connectivity index (χ0n) is 12.6. The average Bonchev–Trinajstić information content (AvgIpc) is 2.87. The molecule has 1 unspecified atom stereocenters. The number of rotatable bonds is 5. The zero-order valence-corrected chi connectivity index (χ0v) is 14.2. The second-order valence-corrected chi connectivity index (χ2v) is 7.82. The summed E-state index contributed by atoms with van der Waals surface area (Å²) in [6, 6.07) is 7.63. The Labute approximate surface area is 130 Å². The number of aryl methyl sites for hydroxylation is 2. The van der Waals surface area contributed by atoms with Gasteiger partial charge in [-0.2, -0.15) is 0 Å². The SMILES string of the molecule is CNS(=O)(=O)c1cc(NC(C)c2sccc2C)ccc1C. The first-order valence-electron chi connectivity index (χ1n) is 6.70. The van der Waals surface area contributed by atoms with Crippen molar-refractivity contribution in [1.29, 1.82) is 0 Å². The van der Waals surface area contributed by atoms with Crippen molar-refractivity contribution in [1.82, 2.24) is 4.72 Å². The molecule has 2 aromatic rings. The lowest BCUT2D eigenvalue weighted by atomic mass is 10.1. The summed E-state index contributed by atoms with van der Waals surface area (Å²) in [6.45, 7) is 5.95. The van der Waals surface area contributed by atoms with Crippen molar-refractivity contribution in [3.63, 3.8) is 0 Å². The minimum Gasteiger partial charge on any atom is -0.378 e. The van der Waals surface area contributed by atoms with Crippen LogP contribution in [-0.2, 0) is 10.0 Å². The highest BCUT2D eigenvalue weighted by molar-refractivity contribution is 7.89. The predicted molar refractivity (Wildman–Crippen MR) is 88.5 cm³/mol. The molecule has 0 saturated carbocycles. The highest BCUT2D eigenvalue weighted by Crippen LogP contribution is 2.28. The third-order valence-electron chi connectivity index (χ3n) is 3.42. The molecule has 1 heterocycles. The summed E-state index contributed by atoms with van der Waals surface area (Å²) in [6.07, 6.45) is 0. The molecule has 21 heavy (non-hydrogen) atoms. The smallest absolute Gasteiger partial charge is 0.240 e. The maximum absolute atomic E-state index is 12.0. The molecule has 2 N–H and O–H groups in total. The van der Waals surface area contributed by atoms with Crippen LogP contribution in [0.15, 0.2) is 34.5 Å². The third kappa shape index (κ3) is 3.45. The van der Waals surface area contributed by atoms with Gasteiger partial charge in [-0.05, 0) is 62.5 Å². The molecule has 0 saturated heterocycles. The topological polar surface area (TPSA) is 58.2 Å². The van der Waals surface area contributed by atoms with Gasteiger partial charge in [0.2, 0.25) is 10.0 Å². The number of hydrogen-bond acceptors (Lipinski definition) is 4. The van der Waals surface area contributed by atoms with Crippen LogP contribution in [0.25, 0.3) is 0 Å². The van der Waals surface area contributed by atoms with Gasteiger partial charge in [0, 0.05) is 10.6 Å². The number of benzene rings is 1. The molecule has 6 heteroatoms. The van der Waals surface area contributed by atoms with E-state index in [0.717, 1.165) is 11.3 Å². The molecular weight excluding hydrogens is 304 g/mol. The highest BCUT2D eigenvalue weighted by Gasteiger charge is 2.16. The van der Waals surface area contributed by atoms with E-state index in [1.165, 1.54) is 17.5 Å². The van der Waals surface area contributed by atoms with Crippen molar-refractivity contribution in [3.8, 4) is 0 Å². The van der Waals surface area contributed by atoms with Crippen LogP contribution in [0.2, 0.25) is 0 Å². The fraction of sp³-hybridized carbons (Fsp3) is 0.333. The lowest BCUT2D eigenvalue weighted by molar-refractivity contribution is 0.587. The Balaban J connectivity index is 2.30. The molecule has 0 aliphatic heterocycles. The minimum atomic E-state index is -3.44. The Hall–Kier alpha value is -1.37. The first kappa shape index (κ1) is 16.0. The van der Waals surface area contributed by atoms with Gasteiger partial charge >= 0.3 is 0 Å². The summed E-state index contributed by atoms with van der Waals surface area (Å²) in [5.41, 5.74) is 2.78. The molecule has 4 nitrogen and oxygen atoms in total. The van der Waals surface area contributed by atoms with E-state index in [4.69, 9.17) is 0 Å². The Morgan fingerprint density at radius 3 is 2.43 bits per heavy atom. The normalized spacial score (nSPS) is 13.1. The van der Waals surface area contributed by atoms with Crippen LogP contribution in [0, 0.1) is 13.8 Å². The number of thiophene rings is 1. The number of nitrogens with one attached hydrogen (secondary N) is 2. The van der Waals surface area contributed by atoms with Crippen molar-refractivity contribution >= 4 is 27.0 Å². The van der Waals surface area contributed by atoms with E-state index >= 15 is 0 Å². The Morgan fingerprint density at radius 1 is 1.14 bits per heavy atom. The molecular formula is C15H20N2O2S2. The summed E-state index contributed by atoms with van der Waals surface area (Å²) >= 11 is 1.70. The van der Waals surface area contributed by atoms with Gasteiger partial charge in [0.1, 0.15) is 0 Å². The fourth-order valence-corrected chi connectivity index (χ4v) is 4.16. The van der Waals surface area contributed by atoms with E-state index in [2.05, 4.69) is 35.3 Å². The molecule has 1 atom stereocenters. The highest BCUT2D eigenvalue weighted by atomic mass is 32.2. The van der Waals surface area contributed by atoms with Crippen molar-refractivity contribution in [2.45, 2.75) is 31.7 Å². The number of anilines is 1. The maximum atomic E-state index is 12.0. The zero-order chi connectivity index (χ0) is 15.6. The van der Waals surface area contributed by atoms with E-state index in [9.17, 15) is 8.42 Å². The van der Waals surface area contributed by atoms with Gasteiger partial charge in [0.05, 0.1) is 10.9 Å². The first-order valence-corrected chi connectivity index (χ1v) is 9.06. The van der Waals surface area contributed by atoms with E-state index in [1.54, 1.807) is 24.3 Å². The summed E-state index contributed by atoms with van der Waals surface area (Å²) in [5, 5.41) is 5.43. The largest absolute Gasteiger partial charge is 0.378 e. The lowest BCUT2D eigenvalue weighted by Crippen LogP contribution is -2.20. The molecule has 0 bridgehead atoms. The Morgan fingerprint density at radius 2 is 1.86 bits per heavy atom. The quantitative estimate of drug-likeness (QED) is 0.885. The summed E-state index contributed by atoms with van der Waals surface area (Å²) < 4.78 is 26.4. The van der Waals surface area contributed by atoms with Crippen LogP contribution >= 0.6 is 11.3 Å². The first-order chi connectivity index (χ1) is 9.85. The van der Waals surface area contributed by atoms with Crippen LogP contribution < -0.4 is 10.0 Å². The number of sulfonamides is 1. The van der Waals surface area contributed by atoms with Gasteiger partial charge in [-0.25, -0.2) is 13.1 Å². The third-order valence-corrected chi connectivity index (χ3v) is 6.18. The van der Waals surface area contributed by atoms with Crippen LogP contribution in [0.5, 0.6) is 0 Å². The van der Waals surface area contributed by atoms with Crippen molar-refractivity contribution < 1.29 is 8.42 Å². The standard InChI is InChI=1S/C15H20N2O2S2/c1-10-5-6-13(9-14(10)21(18,19)16-4)17-12(3)15-11(2)7-8-20-15/h5-9,12,16-17H,1-4H3. The van der Waals surface area contributed by atoms with Gasteiger partial charge in [-0.1, -0.05) is 6.07 Å². The second kappa shape index (κ2) is 6.17. The van der Waals surface area contributed by atoms with Gasteiger partial charge < -0.3 is 5.32 Å². The monoisotopic (exact) mass is 324 g/mol. The van der Waals surface area contributed by atoms with E-state index in [0.29, 0.717) is 4.90 Å². The molecule has 0 aliphatic carbocycles. The van der Waals surface area contributed by atoms with Crippen molar-refractivity contribution in [2.24, 2.45) is 0 Å². The molecule has 1 aromatic heterocycles. The lowest BCUT2D eigenvalue weighted by Gasteiger charge is -2.16. The molecule has 0 aliphatic rings. The average molecular weight is 324 g/mol. The molecule has 0 amide bonds. The minimum absolute atomic E-state index is 0.137. The van der Waals surface area contributed by atoms with Crippen LogP contribution in [0.1, 0.15) is 29.0 Å². The van der Waals surface area contributed by atoms with Gasteiger partial charge in [-0.3, -0.25) is 0 Å². The molecule has 0 spiro atoms. The molecule has 0 radical (unpaired) electrons. The van der Waals surface area contributed by atoms with Gasteiger partial charge in [0.15, 0.2) is 0 Å². The Bertz CT molecular complexity index is 736. The molecule has 2 rings (SSSR count). The molecule has 1 aromatic carbocycles. The van der Waals surface area contributed by atoms with Gasteiger partial charge in [-0.15, -0.1) is 11.3 Å². The molecule has 0 fully saturated rings.